The molecular weight excluding hydrogens is 326 g/mol. The summed E-state index contributed by atoms with van der Waals surface area (Å²) in [6, 6.07) is 10.0. The summed E-state index contributed by atoms with van der Waals surface area (Å²) in [7, 11) is -2.42. The second kappa shape index (κ2) is 6.28. The van der Waals surface area contributed by atoms with Gasteiger partial charge in [0.2, 0.25) is 0 Å². The molecule has 0 amide bonds. The van der Waals surface area contributed by atoms with E-state index in [1.54, 1.807) is 31.2 Å². The molecule has 1 aliphatic rings. The SMILES string of the molecule is COC(=O)c1ccc(C)c(NS(=O)(=O)c2ccc3c(c2)CCC3)c1. The van der Waals surface area contributed by atoms with Gasteiger partial charge in [0.05, 0.1) is 23.3 Å². The van der Waals surface area contributed by atoms with Gasteiger partial charge in [0.15, 0.2) is 0 Å². The minimum absolute atomic E-state index is 0.242. The van der Waals surface area contributed by atoms with Gasteiger partial charge in [-0.25, -0.2) is 13.2 Å². The van der Waals surface area contributed by atoms with Gasteiger partial charge < -0.3 is 4.74 Å². The lowest BCUT2D eigenvalue weighted by molar-refractivity contribution is 0.0601. The molecule has 0 heterocycles. The van der Waals surface area contributed by atoms with E-state index in [9.17, 15) is 13.2 Å². The van der Waals surface area contributed by atoms with Crippen molar-refractivity contribution < 1.29 is 17.9 Å². The number of hydrogen-bond donors (Lipinski definition) is 1. The Kier molecular flexibility index (Phi) is 4.32. The third-order valence-corrected chi connectivity index (χ3v) is 5.65. The van der Waals surface area contributed by atoms with Crippen LogP contribution in [0.4, 0.5) is 5.69 Å². The van der Waals surface area contributed by atoms with Crippen molar-refractivity contribution in [2.45, 2.75) is 31.1 Å². The summed E-state index contributed by atoms with van der Waals surface area (Å²) in [5, 5.41) is 0. The summed E-state index contributed by atoms with van der Waals surface area (Å²) in [5.74, 6) is -0.507. The molecule has 0 radical (unpaired) electrons. The molecule has 0 fully saturated rings. The maximum Gasteiger partial charge on any atom is 0.337 e. The van der Waals surface area contributed by atoms with Crippen LogP contribution in [0.2, 0.25) is 0 Å². The smallest absolute Gasteiger partial charge is 0.337 e. The summed E-state index contributed by atoms with van der Waals surface area (Å²) in [4.78, 5) is 11.9. The second-order valence-corrected chi connectivity index (χ2v) is 7.59. The molecule has 0 spiro atoms. The van der Waals surface area contributed by atoms with Crippen molar-refractivity contribution >= 4 is 21.7 Å². The number of carbonyl (C=O) groups is 1. The summed E-state index contributed by atoms with van der Waals surface area (Å²) in [6.07, 6.45) is 2.98. The summed E-state index contributed by atoms with van der Waals surface area (Å²) < 4.78 is 32.6. The number of benzene rings is 2. The zero-order chi connectivity index (χ0) is 17.3. The molecule has 0 aliphatic heterocycles. The number of sulfonamides is 1. The first kappa shape index (κ1) is 16.5. The van der Waals surface area contributed by atoms with E-state index < -0.39 is 16.0 Å². The summed E-state index contributed by atoms with van der Waals surface area (Å²) >= 11 is 0. The molecule has 1 aliphatic carbocycles. The van der Waals surface area contributed by atoms with Crippen LogP contribution in [0.25, 0.3) is 0 Å². The zero-order valence-corrected chi connectivity index (χ0v) is 14.4. The summed E-state index contributed by atoms with van der Waals surface area (Å²) in [6.45, 7) is 1.78. The first-order valence-electron chi connectivity index (χ1n) is 7.74. The van der Waals surface area contributed by atoms with Crippen LogP contribution in [-0.2, 0) is 27.6 Å². The first-order valence-corrected chi connectivity index (χ1v) is 9.22. The van der Waals surface area contributed by atoms with E-state index in [1.807, 2.05) is 6.07 Å². The Bertz CT molecular complexity index is 903. The largest absolute Gasteiger partial charge is 0.465 e. The fourth-order valence-corrected chi connectivity index (χ4v) is 4.07. The molecule has 0 atom stereocenters. The van der Waals surface area contributed by atoms with Crippen molar-refractivity contribution in [2.75, 3.05) is 11.8 Å². The van der Waals surface area contributed by atoms with Gasteiger partial charge in [-0.2, -0.15) is 0 Å². The lowest BCUT2D eigenvalue weighted by atomic mass is 10.1. The van der Waals surface area contributed by atoms with Gasteiger partial charge in [0.25, 0.3) is 10.0 Å². The monoisotopic (exact) mass is 345 g/mol. The van der Waals surface area contributed by atoms with Crippen molar-refractivity contribution in [3.05, 3.63) is 58.7 Å². The lowest BCUT2D eigenvalue weighted by Crippen LogP contribution is -2.15. The number of esters is 1. The maximum atomic E-state index is 12.7. The lowest BCUT2D eigenvalue weighted by Gasteiger charge is -2.12. The molecule has 2 aromatic rings. The van der Waals surface area contributed by atoms with E-state index in [1.165, 1.54) is 18.7 Å². The molecule has 0 saturated carbocycles. The number of hydrogen-bond acceptors (Lipinski definition) is 4. The Morgan fingerprint density at radius 3 is 2.58 bits per heavy atom. The number of anilines is 1. The van der Waals surface area contributed by atoms with E-state index in [0.717, 1.165) is 30.4 Å². The Morgan fingerprint density at radius 2 is 1.83 bits per heavy atom. The molecule has 0 unspecified atom stereocenters. The van der Waals surface area contributed by atoms with E-state index >= 15 is 0 Å². The number of rotatable bonds is 4. The molecule has 0 bridgehead atoms. The van der Waals surface area contributed by atoms with Crippen molar-refractivity contribution in [2.24, 2.45) is 0 Å². The van der Waals surface area contributed by atoms with Gasteiger partial charge in [-0.05, 0) is 67.1 Å². The highest BCUT2D eigenvalue weighted by atomic mass is 32.2. The highest BCUT2D eigenvalue weighted by Crippen LogP contribution is 2.27. The molecule has 2 aromatic carbocycles. The topological polar surface area (TPSA) is 72.5 Å². The highest BCUT2D eigenvalue weighted by molar-refractivity contribution is 7.92. The van der Waals surface area contributed by atoms with E-state index in [0.29, 0.717) is 11.3 Å². The molecule has 0 aromatic heterocycles. The van der Waals surface area contributed by atoms with Crippen molar-refractivity contribution in [1.29, 1.82) is 0 Å². The molecule has 24 heavy (non-hydrogen) atoms. The second-order valence-electron chi connectivity index (χ2n) is 5.91. The summed E-state index contributed by atoms with van der Waals surface area (Å²) in [5.41, 5.74) is 3.72. The van der Waals surface area contributed by atoms with Gasteiger partial charge in [0, 0.05) is 0 Å². The fourth-order valence-electron chi connectivity index (χ4n) is 2.90. The molecular formula is C18H19NO4S. The van der Waals surface area contributed by atoms with Gasteiger partial charge in [-0.15, -0.1) is 0 Å². The number of carbonyl (C=O) groups excluding carboxylic acids is 1. The quantitative estimate of drug-likeness (QED) is 0.865. The molecule has 1 N–H and O–H groups in total. The van der Waals surface area contributed by atoms with Gasteiger partial charge in [-0.1, -0.05) is 12.1 Å². The average Bonchev–Trinajstić information content (AvgIpc) is 3.03. The maximum absolute atomic E-state index is 12.7. The third kappa shape index (κ3) is 3.14. The molecule has 6 heteroatoms. The molecule has 5 nitrogen and oxygen atoms in total. The van der Waals surface area contributed by atoms with Crippen molar-refractivity contribution in [3.8, 4) is 0 Å². The predicted octanol–water partition coefficient (Wildman–Crippen LogP) is 3.07. The minimum atomic E-state index is -3.71. The van der Waals surface area contributed by atoms with Crippen LogP contribution in [0, 0.1) is 6.92 Å². The number of nitrogens with one attached hydrogen (secondary N) is 1. The van der Waals surface area contributed by atoms with Crippen LogP contribution >= 0.6 is 0 Å². The molecule has 3 rings (SSSR count). The Labute approximate surface area is 141 Å². The predicted molar refractivity (Wildman–Crippen MR) is 91.8 cm³/mol. The molecule has 126 valence electrons. The van der Waals surface area contributed by atoms with Crippen LogP contribution in [-0.4, -0.2) is 21.5 Å². The number of ether oxygens (including phenoxy) is 1. The van der Waals surface area contributed by atoms with Crippen molar-refractivity contribution in [1.82, 2.24) is 0 Å². The van der Waals surface area contributed by atoms with Crippen LogP contribution in [0.5, 0.6) is 0 Å². The number of methoxy groups -OCH3 is 1. The van der Waals surface area contributed by atoms with E-state index in [2.05, 4.69) is 9.46 Å². The number of fused-ring (bicyclic) bond motifs is 1. The van der Waals surface area contributed by atoms with Crippen LogP contribution < -0.4 is 4.72 Å². The number of aryl methyl sites for hydroxylation is 3. The average molecular weight is 345 g/mol. The van der Waals surface area contributed by atoms with Gasteiger partial charge in [0.1, 0.15) is 0 Å². The Hall–Kier alpha value is -2.34. The highest BCUT2D eigenvalue weighted by Gasteiger charge is 2.20. The fraction of sp³-hybridized carbons (Fsp3) is 0.278. The third-order valence-electron chi connectivity index (χ3n) is 4.28. The van der Waals surface area contributed by atoms with Crippen LogP contribution in [0.3, 0.4) is 0 Å². The van der Waals surface area contributed by atoms with E-state index in [-0.39, 0.29) is 4.90 Å². The standard InChI is InChI=1S/C18H19NO4S/c1-12-6-7-15(18(20)23-2)11-17(12)19-24(21,22)16-9-8-13-4-3-5-14(13)10-16/h6-11,19H,3-5H2,1-2H3. The van der Waals surface area contributed by atoms with Crippen molar-refractivity contribution in [3.63, 3.8) is 0 Å². The van der Waals surface area contributed by atoms with E-state index in [4.69, 9.17) is 0 Å². The zero-order valence-electron chi connectivity index (χ0n) is 13.6. The van der Waals surface area contributed by atoms with Crippen LogP contribution in [0.15, 0.2) is 41.3 Å². The normalized spacial score (nSPS) is 13.4. The minimum Gasteiger partial charge on any atom is -0.465 e. The van der Waals surface area contributed by atoms with Gasteiger partial charge in [-0.3, -0.25) is 4.72 Å². The first-order chi connectivity index (χ1) is 11.4. The Morgan fingerprint density at radius 1 is 1.08 bits per heavy atom. The Balaban J connectivity index is 1.93. The van der Waals surface area contributed by atoms with Crippen LogP contribution in [0.1, 0.15) is 33.5 Å². The van der Waals surface area contributed by atoms with Gasteiger partial charge >= 0.3 is 5.97 Å². The molecule has 0 saturated heterocycles.